The molecule has 2 fully saturated rings. The number of alkyl halides is 2. The smallest absolute Gasteiger partial charge is 0.256 e. The Hall–Kier alpha value is -0.180. The zero-order chi connectivity index (χ0) is 11.1. The number of nitrogens with two attached hydrogens (primary N) is 1. The van der Waals surface area contributed by atoms with Crippen LogP contribution in [0.3, 0.4) is 0 Å². The third-order valence-electron chi connectivity index (χ3n) is 4.71. The molecule has 1 atom stereocenters. The van der Waals surface area contributed by atoms with Gasteiger partial charge < -0.3 is 5.73 Å². The lowest BCUT2D eigenvalue weighted by atomic mass is 9.73. The van der Waals surface area contributed by atoms with Gasteiger partial charge in [-0.15, -0.1) is 0 Å². The van der Waals surface area contributed by atoms with Crippen molar-refractivity contribution in [3.05, 3.63) is 0 Å². The first-order chi connectivity index (χ1) is 7.05. The van der Waals surface area contributed by atoms with Crippen molar-refractivity contribution in [2.45, 2.75) is 51.4 Å². The average Bonchev–Trinajstić information content (AvgIpc) is 2.82. The largest absolute Gasteiger partial charge is 0.330 e. The van der Waals surface area contributed by atoms with Crippen LogP contribution in [0, 0.1) is 17.3 Å². The minimum Gasteiger partial charge on any atom is -0.330 e. The molecule has 2 aliphatic carbocycles. The van der Waals surface area contributed by atoms with E-state index in [0.29, 0.717) is 0 Å². The Balaban J connectivity index is 1.96. The van der Waals surface area contributed by atoms with E-state index in [2.05, 4.69) is 6.92 Å². The minimum absolute atomic E-state index is 0.0396. The molecule has 0 aliphatic heterocycles. The van der Waals surface area contributed by atoms with Crippen LogP contribution < -0.4 is 5.73 Å². The monoisotopic (exact) mass is 217 g/mol. The molecule has 0 aromatic carbocycles. The molecular weight excluding hydrogens is 196 g/mol. The summed E-state index contributed by atoms with van der Waals surface area (Å²) in [4.78, 5) is 0. The quantitative estimate of drug-likeness (QED) is 0.772. The molecule has 15 heavy (non-hydrogen) atoms. The lowest BCUT2D eigenvalue weighted by Gasteiger charge is -2.33. The summed E-state index contributed by atoms with van der Waals surface area (Å²) >= 11 is 0. The van der Waals surface area contributed by atoms with E-state index in [-0.39, 0.29) is 18.9 Å². The first-order valence-electron chi connectivity index (χ1n) is 6.13. The predicted octanol–water partition coefficient (Wildman–Crippen LogP) is 3.19. The van der Waals surface area contributed by atoms with E-state index in [1.54, 1.807) is 0 Å². The topological polar surface area (TPSA) is 26.0 Å². The van der Waals surface area contributed by atoms with E-state index in [4.69, 9.17) is 5.73 Å². The van der Waals surface area contributed by atoms with Gasteiger partial charge in [-0.05, 0) is 24.7 Å². The Morgan fingerprint density at radius 2 is 1.73 bits per heavy atom. The van der Waals surface area contributed by atoms with Gasteiger partial charge in [0.15, 0.2) is 0 Å². The van der Waals surface area contributed by atoms with Crippen LogP contribution in [0.2, 0.25) is 0 Å². The lowest BCUT2D eigenvalue weighted by molar-refractivity contribution is 0.0275. The molecule has 3 heteroatoms. The van der Waals surface area contributed by atoms with E-state index in [1.165, 1.54) is 6.42 Å². The molecule has 0 aromatic rings. The molecule has 0 aromatic heterocycles. The molecule has 2 rings (SSSR count). The fourth-order valence-corrected chi connectivity index (χ4v) is 3.31. The van der Waals surface area contributed by atoms with E-state index in [9.17, 15) is 8.78 Å². The standard InChI is InChI=1S/C12H21F2N/c1-2-9-3-5-10(6-4-9)11(8-15)7-12(11,13)14/h9-10H,2-8,15H2,1H3. The minimum atomic E-state index is -2.47. The maximum atomic E-state index is 13.3. The average molecular weight is 217 g/mol. The van der Waals surface area contributed by atoms with Crippen molar-refractivity contribution in [2.75, 3.05) is 6.54 Å². The Morgan fingerprint density at radius 3 is 2.07 bits per heavy atom. The molecule has 2 N–H and O–H groups in total. The Morgan fingerprint density at radius 1 is 1.20 bits per heavy atom. The van der Waals surface area contributed by atoms with Crippen LogP contribution in [0.25, 0.3) is 0 Å². The molecule has 0 heterocycles. The van der Waals surface area contributed by atoms with Crippen LogP contribution in [0.1, 0.15) is 45.4 Å². The summed E-state index contributed by atoms with van der Waals surface area (Å²) in [5.41, 5.74) is 4.75. The molecule has 1 nitrogen and oxygen atoms in total. The zero-order valence-corrected chi connectivity index (χ0v) is 9.44. The zero-order valence-electron chi connectivity index (χ0n) is 9.44. The highest BCUT2D eigenvalue weighted by atomic mass is 19.3. The number of rotatable bonds is 3. The van der Waals surface area contributed by atoms with Crippen molar-refractivity contribution >= 4 is 0 Å². The summed E-state index contributed by atoms with van der Waals surface area (Å²) in [6, 6.07) is 0. The van der Waals surface area contributed by atoms with Crippen molar-refractivity contribution in [3.63, 3.8) is 0 Å². The van der Waals surface area contributed by atoms with Gasteiger partial charge in [-0.2, -0.15) is 0 Å². The fourth-order valence-electron chi connectivity index (χ4n) is 3.31. The first kappa shape index (κ1) is 11.3. The molecule has 0 bridgehead atoms. The second kappa shape index (κ2) is 3.69. The summed E-state index contributed by atoms with van der Waals surface area (Å²) < 4.78 is 26.7. The Labute approximate surface area is 90.4 Å². The van der Waals surface area contributed by atoms with Crippen LogP contribution in [-0.4, -0.2) is 12.5 Å². The van der Waals surface area contributed by atoms with Gasteiger partial charge in [-0.3, -0.25) is 0 Å². The molecule has 1 unspecified atom stereocenters. The van der Waals surface area contributed by atoms with Gasteiger partial charge in [0.25, 0.3) is 5.92 Å². The third-order valence-corrected chi connectivity index (χ3v) is 4.71. The van der Waals surface area contributed by atoms with Crippen LogP contribution in [0.5, 0.6) is 0 Å². The highest BCUT2D eigenvalue weighted by Gasteiger charge is 2.72. The van der Waals surface area contributed by atoms with Gasteiger partial charge in [-0.1, -0.05) is 26.2 Å². The number of hydrogen-bond acceptors (Lipinski definition) is 1. The van der Waals surface area contributed by atoms with E-state index in [0.717, 1.165) is 31.6 Å². The van der Waals surface area contributed by atoms with Crippen molar-refractivity contribution in [2.24, 2.45) is 23.0 Å². The van der Waals surface area contributed by atoms with Gasteiger partial charge in [-0.25, -0.2) is 8.78 Å². The molecule has 88 valence electrons. The van der Waals surface area contributed by atoms with Crippen LogP contribution in [0.15, 0.2) is 0 Å². The maximum absolute atomic E-state index is 13.3. The van der Waals surface area contributed by atoms with Gasteiger partial charge in [0, 0.05) is 13.0 Å². The molecule has 0 spiro atoms. The fraction of sp³-hybridized carbons (Fsp3) is 1.00. The highest BCUT2D eigenvalue weighted by molar-refractivity contribution is 5.14. The van der Waals surface area contributed by atoms with Crippen molar-refractivity contribution in [1.82, 2.24) is 0 Å². The van der Waals surface area contributed by atoms with Crippen LogP contribution in [-0.2, 0) is 0 Å². The molecule has 2 saturated carbocycles. The van der Waals surface area contributed by atoms with Gasteiger partial charge in [0.1, 0.15) is 0 Å². The van der Waals surface area contributed by atoms with Crippen molar-refractivity contribution in [1.29, 1.82) is 0 Å². The van der Waals surface area contributed by atoms with Crippen molar-refractivity contribution in [3.8, 4) is 0 Å². The first-order valence-corrected chi connectivity index (χ1v) is 6.13. The van der Waals surface area contributed by atoms with Gasteiger partial charge in [0.2, 0.25) is 0 Å². The summed E-state index contributed by atoms with van der Waals surface area (Å²) in [7, 11) is 0. The second-order valence-corrected chi connectivity index (χ2v) is 5.37. The molecular formula is C12H21F2N. The second-order valence-electron chi connectivity index (χ2n) is 5.37. The lowest BCUT2D eigenvalue weighted by Crippen LogP contribution is -2.33. The molecule has 2 aliphatic rings. The van der Waals surface area contributed by atoms with E-state index < -0.39 is 11.3 Å². The Bertz CT molecular complexity index is 234. The third kappa shape index (κ3) is 1.69. The van der Waals surface area contributed by atoms with Crippen LogP contribution in [0.4, 0.5) is 8.78 Å². The maximum Gasteiger partial charge on any atom is 0.256 e. The predicted molar refractivity (Wildman–Crippen MR) is 56.8 cm³/mol. The normalized spacial score (nSPS) is 44.0. The van der Waals surface area contributed by atoms with Crippen LogP contribution >= 0.6 is 0 Å². The van der Waals surface area contributed by atoms with Gasteiger partial charge in [0.05, 0.1) is 5.41 Å². The summed E-state index contributed by atoms with van der Waals surface area (Å²) in [5.74, 6) is -1.52. The molecule has 0 radical (unpaired) electrons. The SMILES string of the molecule is CCC1CCC(C2(CN)CC2(F)F)CC1. The van der Waals surface area contributed by atoms with E-state index in [1.807, 2.05) is 0 Å². The number of halogens is 2. The molecule has 0 amide bonds. The summed E-state index contributed by atoms with van der Waals surface area (Å²) in [6.07, 6.45) is 5.41. The summed E-state index contributed by atoms with van der Waals surface area (Å²) in [5, 5.41) is 0. The Kier molecular flexibility index (Phi) is 2.78. The van der Waals surface area contributed by atoms with Gasteiger partial charge >= 0.3 is 0 Å². The number of hydrogen-bond donors (Lipinski definition) is 1. The van der Waals surface area contributed by atoms with E-state index >= 15 is 0 Å². The molecule has 0 saturated heterocycles. The van der Waals surface area contributed by atoms with Crippen molar-refractivity contribution < 1.29 is 8.78 Å². The highest BCUT2D eigenvalue weighted by Crippen LogP contribution is 2.66. The summed E-state index contributed by atoms with van der Waals surface area (Å²) in [6.45, 7) is 2.36.